The molecular weight excluding hydrogens is 525 g/mol. The number of benzene rings is 4. The molecule has 0 aliphatic heterocycles. The molecule has 0 radical (unpaired) electrons. The lowest BCUT2D eigenvalue weighted by atomic mass is 9.99. The van der Waals surface area contributed by atoms with Gasteiger partial charge in [-0.15, -0.1) is 0 Å². The van der Waals surface area contributed by atoms with Gasteiger partial charge < -0.3 is 15.0 Å². The Morgan fingerprint density at radius 3 is 2.34 bits per heavy atom. The SMILES string of the molecule is Cc1c(C)n(Cc2ccc(-c3ccccc3C(=O)O)cc2)c2ccc(C(C)NCc3cccc(C(F)(F)F)c3)cc12. The number of rotatable bonds is 8. The van der Waals surface area contributed by atoms with Crippen molar-refractivity contribution in [3.05, 3.63) is 130 Å². The number of nitrogens with one attached hydrogen (secondary N) is 1. The molecule has 2 N–H and O–H groups in total. The predicted octanol–water partition coefficient (Wildman–Crippen LogP) is 8.54. The monoisotopic (exact) mass is 556 g/mol. The van der Waals surface area contributed by atoms with Gasteiger partial charge in [-0.05, 0) is 78.4 Å². The summed E-state index contributed by atoms with van der Waals surface area (Å²) in [4.78, 5) is 11.6. The first-order valence-electron chi connectivity index (χ1n) is 13.4. The molecule has 7 heteroatoms. The van der Waals surface area contributed by atoms with Crippen molar-refractivity contribution in [2.24, 2.45) is 0 Å². The van der Waals surface area contributed by atoms with E-state index in [9.17, 15) is 23.1 Å². The van der Waals surface area contributed by atoms with Gasteiger partial charge in [-0.25, -0.2) is 4.79 Å². The highest BCUT2D eigenvalue weighted by molar-refractivity contribution is 5.96. The van der Waals surface area contributed by atoms with E-state index in [1.165, 1.54) is 17.7 Å². The highest BCUT2D eigenvalue weighted by Gasteiger charge is 2.30. The van der Waals surface area contributed by atoms with Crippen LogP contribution in [0.2, 0.25) is 0 Å². The number of aromatic nitrogens is 1. The summed E-state index contributed by atoms with van der Waals surface area (Å²) in [6.07, 6.45) is -4.36. The number of halogens is 3. The lowest BCUT2D eigenvalue weighted by molar-refractivity contribution is -0.137. The molecule has 0 amide bonds. The predicted molar refractivity (Wildman–Crippen MR) is 156 cm³/mol. The molecule has 1 atom stereocenters. The summed E-state index contributed by atoms with van der Waals surface area (Å²) < 4.78 is 41.5. The number of aryl methyl sites for hydroxylation is 1. The Hall–Kier alpha value is -4.36. The zero-order chi connectivity index (χ0) is 29.3. The van der Waals surface area contributed by atoms with E-state index in [4.69, 9.17) is 0 Å². The fraction of sp³-hybridized carbons (Fsp3) is 0.206. The summed E-state index contributed by atoms with van der Waals surface area (Å²) in [5, 5.41) is 14.0. The minimum atomic E-state index is -4.36. The van der Waals surface area contributed by atoms with Crippen molar-refractivity contribution in [3.63, 3.8) is 0 Å². The molecule has 1 unspecified atom stereocenters. The minimum Gasteiger partial charge on any atom is -0.478 e. The zero-order valence-corrected chi connectivity index (χ0v) is 23.1. The van der Waals surface area contributed by atoms with E-state index >= 15 is 0 Å². The zero-order valence-electron chi connectivity index (χ0n) is 23.1. The van der Waals surface area contributed by atoms with Crippen LogP contribution >= 0.6 is 0 Å². The summed E-state index contributed by atoms with van der Waals surface area (Å²) in [6.45, 7) is 7.21. The van der Waals surface area contributed by atoms with Crippen LogP contribution < -0.4 is 5.32 Å². The van der Waals surface area contributed by atoms with E-state index in [0.29, 0.717) is 24.2 Å². The molecule has 210 valence electrons. The van der Waals surface area contributed by atoms with Crippen LogP contribution in [0.5, 0.6) is 0 Å². The standard InChI is InChI=1S/C34H31F3N2O2/c1-21-23(3)39(20-24-11-13-26(14-12-24)29-9-4-5-10-30(29)33(40)41)32-16-15-27(18-31(21)32)22(2)38-19-25-7-6-8-28(17-25)34(35,36)37/h4-18,22,38H,19-20H2,1-3H3,(H,40,41). The smallest absolute Gasteiger partial charge is 0.416 e. The largest absolute Gasteiger partial charge is 0.478 e. The molecule has 5 rings (SSSR count). The maximum atomic E-state index is 13.1. The van der Waals surface area contributed by atoms with Gasteiger partial charge in [-0.2, -0.15) is 13.2 Å². The van der Waals surface area contributed by atoms with Gasteiger partial charge in [0.25, 0.3) is 0 Å². The third-order valence-corrected chi connectivity index (χ3v) is 7.79. The Morgan fingerprint density at radius 2 is 1.63 bits per heavy atom. The molecular formula is C34H31F3N2O2. The van der Waals surface area contributed by atoms with Crippen LogP contribution in [0.25, 0.3) is 22.0 Å². The summed E-state index contributed by atoms with van der Waals surface area (Å²) in [6, 6.07) is 26.6. The normalized spacial score (nSPS) is 12.5. The van der Waals surface area contributed by atoms with Crippen molar-refractivity contribution < 1.29 is 23.1 Å². The number of carbonyl (C=O) groups is 1. The number of hydrogen-bond acceptors (Lipinski definition) is 2. The van der Waals surface area contributed by atoms with Gasteiger partial charge in [-0.3, -0.25) is 0 Å². The van der Waals surface area contributed by atoms with Crippen LogP contribution in [0.4, 0.5) is 13.2 Å². The number of aromatic carboxylic acids is 1. The molecule has 0 fully saturated rings. The van der Waals surface area contributed by atoms with Crippen LogP contribution in [0.3, 0.4) is 0 Å². The van der Waals surface area contributed by atoms with Crippen molar-refractivity contribution in [1.29, 1.82) is 0 Å². The molecule has 4 nitrogen and oxygen atoms in total. The first-order valence-corrected chi connectivity index (χ1v) is 13.4. The van der Waals surface area contributed by atoms with Crippen LogP contribution in [-0.4, -0.2) is 15.6 Å². The van der Waals surface area contributed by atoms with Gasteiger partial charge in [0.1, 0.15) is 0 Å². The van der Waals surface area contributed by atoms with E-state index in [1.54, 1.807) is 18.2 Å². The number of carboxylic acid groups (broad SMARTS) is 1. The third-order valence-electron chi connectivity index (χ3n) is 7.79. The molecule has 0 saturated heterocycles. The van der Waals surface area contributed by atoms with Gasteiger partial charge in [0, 0.05) is 35.7 Å². The van der Waals surface area contributed by atoms with E-state index in [1.807, 2.05) is 43.3 Å². The van der Waals surface area contributed by atoms with Gasteiger partial charge in [-0.1, -0.05) is 66.7 Å². The number of fused-ring (bicyclic) bond motifs is 1. The minimum absolute atomic E-state index is 0.0572. The maximum absolute atomic E-state index is 13.1. The van der Waals surface area contributed by atoms with E-state index in [2.05, 4.69) is 41.9 Å². The van der Waals surface area contributed by atoms with Crippen molar-refractivity contribution >= 4 is 16.9 Å². The van der Waals surface area contributed by atoms with Crippen LogP contribution in [0, 0.1) is 13.8 Å². The fourth-order valence-electron chi connectivity index (χ4n) is 5.28. The van der Waals surface area contributed by atoms with E-state index in [-0.39, 0.29) is 11.6 Å². The average molecular weight is 557 g/mol. The Morgan fingerprint density at radius 1 is 0.902 bits per heavy atom. The molecule has 0 spiro atoms. The number of hydrogen-bond donors (Lipinski definition) is 2. The Labute approximate surface area is 237 Å². The maximum Gasteiger partial charge on any atom is 0.416 e. The molecule has 4 aromatic carbocycles. The van der Waals surface area contributed by atoms with Gasteiger partial charge in [0.15, 0.2) is 0 Å². The average Bonchev–Trinajstić information content (AvgIpc) is 3.20. The third kappa shape index (κ3) is 5.91. The molecule has 5 aromatic rings. The van der Waals surface area contributed by atoms with E-state index < -0.39 is 17.7 Å². The second-order valence-electron chi connectivity index (χ2n) is 10.4. The summed E-state index contributed by atoms with van der Waals surface area (Å²) >= 11 is 0. The van der Waals surface area contributed by atoms with Crippen molar-refractivity contribution in [2.45, 2.75) is 46.1 Å². The Balaban J connectivity index is 1.34. The van der Waals surface area contributed by atoms with Crippen LogP contribution in [0.15, 0.2) is 91.0 Å². The Kier molecular flexibility index (Phi) is 7.74. The first kappa shape index (κ1) is 28.2. The molecule has 0 bridgehead atoms. The highest BCUT2D eigenvalue weighted by atomic mass is 19.4. The van der Waals surface area contributed by atoms with Crippen LogP contribution in [-0.2, 0) is 19.3 Å². The molecule has 1 aromatic heterocycles. The molecule has 0 aliphatic carbocycles. The van der Waals surface area contributed by atoms with E-state index in [0.717, 1.165) is 39.4 Å². The van der Waals surface area contributed by atoms with Crippen molar-refractivity contribution in [1.82, 2.24) is 9.88 Å². The summed E-state index contributed by atoms with van der Waals surface area (Å²) in [5.74, 6) is -0.950. The number of alkyl halides is 3. The molecule has 41 heavy (non-hydrogen) atoms. The van der Waals surface area contributed by atoms with Gasteiger partial charge in [0.05, 0.1) is 11.1 Å². The van der Waals surface area contributed by atoms with Crippen LogP contribution in [0.1, 0.15) is 56.8 Å². The highest BCUT2D eigenvalue weighted by Crippen LogP contribution is 2.31. The van der Waals surface area contributed by atoms with Crippen molar-refractivity contribution in [2.75, 3.05) is 0 Å². The quantitative estimate of drug-likeness (QED) is 0.201. The first-order chi connectivity index (χ1) is 19.5. The lowest BCUT2D eigenvalue weighted by Gasteiger charge is -2.16. The lowest BCUT2D eigenvalue weighted by Crippen LogP contribution is -2.18. The second-order valence-corrected chi connectivity index (χ2v) is 10.4. The number of nitrogens with zero attached hydrogens (tertiary/aromatic N) is 1. The fourth-order valence-corrected chi connectivity index (χ4v) is 5.28. The summed E-state index contributed by atoms with van der Waals surface area (Å²) in [5.41, 5.74) is 7.36. The molecule has 1 heterocycles. The molecule has 0 aliphatic rings. The topological polar surface area (TPSA) is 54.3 Å². The Bertz CT molecular complexity index is 1720. The second kappa shape index (κ2) is 11.3. The van der Waals surface area contributed by atoms with Gasteiger partial charge in [0.2, 0.25) is 0 Å². The van der Waals surface area contributed by atoms with Gasteiger partial charge >= 0.3 is 12.1 Å². The molecule has 0 saturated carbocycles. The number of carboxylic acids is 1. The summed E-state index contributed by atoms with van der Waals surface area (Å²) in [7, 11) is 0. The van der Waals surface area contributed by atoms with Crippen molar-refractivity contribution in [3.8, 4) is 11.1 Å².